The highest BCUT2D eigenvalue weighted by Gasteiger charge is 2.04. The number of halogens is 1. The van der Waals surface area contributed by atoms with Gasteiger partial charge in [0.15, 0.2) is 0 Å². The Hall–Kier alpha value is -1.77. The fourth-order valence-electron chi connectivity index (χ4n) is 1.63. The molecule has 0 spiro atoms. The molecule has 2 aromatic rings. The van der Waals surface area contributed by atoms with Crippen LogP contribution in [0.4, 0.5) is 4.39 Å². The zero-order chi connectivity index (χ0) is 13.0. The fourth-order valence-corrected chi connectivity index (χ4v) is 2.39. The second kappa shape index (κ2) is 5.71. The lowest BCUT2D eigenvalue weighted by atomic mass is 10.1. The second-order valence-corrected chi connectivity index (χ2v) is 5.18. The number of benzene rings is 1. The Kier molecular flexibility index (Phi) is 4.03. The van der Waals surface area contributed by atoms with Crippen molar-refractivity contribution < 1.29 is 4.39 Å². The molecule has 0 aliphatic carbocycles. The van der Waals surface area contributed by atoms with E-state index in [1.165, 1.54) is 18.2 Å². The van der Waals surface area contributed by atoms with Crippen LogP contribution in [0.1, 0.15) is 21.0 Å². The molecule has 1 aromatic carbocycles. The molecule has 0 saturated carbocycles. The number of hydrogen-bond donors (Lipinski definition) is 1. The zero-order valence-corrected chi connectivity index (χ0v) is 10.7. The quantitative estimate of drug-likeness (QED) is 0.920. The molecular formula is C13H12FN3S. The van der Waals surface area contributed by atoms with E-state index < -0.39 is 0 Å². The average molecular weight is 261 g/mol. The number of nitriles is 1. The molecule has 0 atom stereocenters. The summed E-state index contributed by atoms with van der Waals surface area (Å²) >= 11 is 1.62. The third-order valence-electron chi connectivity index (χ3n) is 2.47. The Morgan fingerprint density at radius 3 is 2.94 bits per heavy atom. The van der Waals surface area contributed by atoms with Crippen molar-refractivity contribution in [2.75, 3.05) is 0 Å². The van der Waals surface area contributed by atoms with E-state index in [0.717, 1.165) is 9.88 Å². The van der Waals surface area contributed by atoms with Crippen LogP contribution in [0, 0.1) is 24.1 Å². The molecule has 1 aromatic heterocycles. The number of hydrogen-bond acceptors (Lipinski definition) is 4. The van der Waals surface area contributed by atoms with Crippen molar-refractivity contribution >= 4 is 11.3 Å². The van der Waals surface area contributed by atoms with Gasteiger partial charge < -0.3 is 5.32 Å². The van der Waals surface area contributed by atoms with E-state index in [1.54, 1.807) is 11.3 Å². The molecule has 0 fully saturated rings. The molecule has 0 aliphatic heterocycles. The molecular weight excluding hydrogens is 249 g/mol. The summed E-state index contributed by atoms with van der Waals surface area (Å²) in [5, 5.41) is 13.1. The predicted octanol–water partition coefficient (Wildman–Crippen LogP) is 2.75. The van der Waals surface area contributed by atoms with E-state index in [0.29, 0.717) is 24.2 Å². The Morgan fingerprint density at radius 2 is 2.28 bits per heavy atom. The first-order valence-electron chi connectivity index (χ1n) is 5.49. The van der Waals surface area contributed by atoms with Gasteiger partial charge in [0.2, 0.25) is 0 Å². The van der Waals surface area contributed by atoms with Crippen molar-refractivity contribution in [3.05, 3.63) is 51.2 Å². The van der Waals surface area contributed by atoms with Gasteiger partial charge in [-0.1, -0.05) is 0 Å². The molecule has 0 saturated heterocycles. The largest absolute Gasteiger partial charge is 0.308 e. The highest BCUT2D eigenvalue weighted by Crippen LogP contribution is 2.13. The third kappa shape index (κ3) is 3.13. The molecule has 92 valence electrons. The van der Waals surface area contributed by atoms with Crippen LogP contribution in [-0.2, 0) is 13.1 Å². The van der Waals surface area contributed by atoms with Crippen molar-refractivity contribution in [2.45, 2.75) is 20.0 Å². The molecule has 2 rings (SSSR count). The summed E-state index contributed by atoms with van der Waals surface area (Å²) < 4.78 is 13.1. The molecule has 1 N–H and O–H groups in total. The van der Waals surface area contributed by atoms with Crippen LogP contribution in [0.3, 0.4) is 0 Å². The normalized spacial score (nSPS) is 10.3. The number of rotatable bonds is 4. The van der Waals surface area contributed by atoms with Crippen molar-refractivity contribution in [3.8, 4) is 6.07 Å². The van der Waals surface area contributed by atoms with Crippen molar-refractivity contribution in [1.29, 1.82) is 5.26 Å². The first-order chi connectivity index (χ1) is 8.69. The molecule has 5 heteroatoms. The summed E-state index contributed by atoms with van der Waals surface area (Å²) in [5.74, 6) is -0.320. The predicted molar refractivity (Wildman–Crippen MR) is 68.5 cm³/mol. The number of nitrogens with one attached hydrogen (secondary N) is 1. The summed E-state index contributed by atoms with van der Waals surface area (Å²) in [6.07, 6.45) is 1.82. The smallest absolute Gasteiger partial charge is 0.123 e. The summed E-state index contributed by atoms with van der Waals surface area (Å²) in [5.41, 5.74) is 1.18. The lowest BCUT2D eigenvalue weighted by Gasteiger charge is -2.05. The van der Waals surface area contributed by atoms with Gasteiger partial charge in [0.25, 0.3) is 0 Å². The monoisotopic (exact) mass is 261 g/mol. The maximum absolute atomic E-state index is 13.1. The summed E-state index contributed by atoms with van der Waals surface area (Å²) in [6, 6.07) is 6.25. The fraction of sp³-hybridized carbons (Fsp3) is 0.231. The minimum Gasteiger partial charge on any atom is -0.308 e. The van der Waals surface area contributed by atoms with E-state index in [9.17, 15) is 4.39 Å². The summed E-state index contributed by atoms with van der Waals surface area (Å²) in [6.45, 7) is 3.10. The number of nitrogens with zero attached hydrogens (tertiary/aromatic N) is 2. The first-order valence-corrected chi connectivity index (χ1v) is 6.31. The standard InChI is InChI=1S/C13H12FN3S/c1-9-17-8-13(18-9)7-16-6-11-4-12(14)3-2-10(11)5-15/h2-4,8,16H,6-7H2,1H3. The van der Waals surface area contributed by atoms with Gasteiger partial charge in [-0.05, 0) is 30.7 Å². The van der Waals surface area contributed by atoms with Gasteiger partial charge in [0, 0.05) is 24.2 Å². The van der Waals surface area contributed by atoms with E-state index in [4.69, 9.17) is 5.26 Å². The van der Waals surface area contributed by atoms with Gasteiger partial charge in [-0.15, -0.1) is 11.3 Å². The number of aryl methyl sites for hydroxylation is 1. The van der Waals surface area contributed by atoms with Crippen molar-refractivity contribution in [3.63, 3.8) is 0 Å². The lowest BCUT2D eigenvalue weighted by Crippen LogP contribution is -2.13. The molecule has 18 heavy (non-hydrogen) atoms. The van der Waals surface area contributed by atoms with Gasteiger partial charge in [0.1, 0.15) is 5.82 Å². The van der Waals surface area contributed by atoms with E-state index in [1.807, 2.05) is 13.1 Å². The summed E-state index contributed by atoms with van der Waals surface area (Å²) in [7, 11) is 0. The minimum absolute atomic E-state index is 0.320. The Morgan fingerprint density at radius 1 is 1.44 bits per heavy atom. The van der Waals surface area contributed by atoms with Crippen LogP contribution in [0.2, 0.25) is 0 Å². The Balaban J connectivity index is 1.98. The molecule has 1 heterocycles. The summed E-state index contributed by atoms with van der Waals surface area (Å²) in [4.78, 5) is 5.28. The van der Waals surface area contributed by atoms with Crippen molar-refractivity contribution in [1.82, 2.24) is 10.3 Å². The molecule has 0 bridgehead atoms. The van der Waals surface area contributed by atoms with Gasteiger partial charge in [-0.2, -0.15) is 5.26 Å². The zero-order valence-electron chi connectivity index (χ0n) is 9.90. The van der Waals surface area contributed by atoms with Gasteiger partial charge in [-0.25, -0.2) is 9.37 Å². The average Bonchev–Trinajstić information content (AvgIpc) is 2.75. The SMILES string of the molecule is Cc1ncc(CNCc2cc(F)ccc2C#N)s1. The number of thiazole rings is 1. The van der Waals surface area contributed by atoms with Gasteiger partial charge in [-0.3, -0.25) is 0 Å². The highest BCUT2D eigenvalue weighted by molar-refractivity contribution is 7.11. The van der Waals surface area contributed by atoms with Crippen LogP contribution >= 0.6 is 11.3 Å². The molecule has 0 radical (unpaired) electrons. The third-order valence-corrected chi connectivity index (χ3v) is 3.38. The van der Waals surface area contributed by atoms with Crippen LogP contribution in [0.15, 0.2) is 24.4 Å². The molecule has 0 amide bonds. The number of aromatic nitrogens is 1. The first kappa shape index (κ1) is 12.7. The van der Waals surface area contributed by atoms with E-state index >= 15 is 0 Å². The topological polar surface area (TPSA) is 48.7 Å². The lowest BCUT2D eigenvalue weighted by molar-refractivity contribution is 0.620. The molecule has 0 unspecified atom stereocenters. The van der Waals surface area contributed by atoms with E-state index in [-0.39, 0.29) is 5.82 Å². The maximum Gasteiger partial charge on any atom is 0.123 e. The minimum atomic E-state index is -0.320. The van der Waals surface area contributed by atoms with Crippen LogP contribution in [0.25, 0.3) is 0 Å². The molecule has 3 nitrogen and oxygen atoms in total. The maximum atomic E-state index is 13.1. The highest BCUT2D eigenvalue weighted by atomic mass is 32.1. The second-order valence-electron chi connectivity index (χ2n) is 3.86. The van der Waals surface area contributed by atoms with Crippen LogP contribution in [-0.4, -0.2) is 4.98 Å². The van der Waals surface area contributed by atoms with Gasteiger partial charge >= 0.3 is 0 Å². The van der Waals surface area contributed by atoms with Crippen LogP contribution in [0.5, 0.6) is 0 Å². The van der Waals surface area contributed by atoms with E-state index in [2.05, 4.69) is 16.4 Å². The Bertz CT molecular complexity index is 586. The Labute approximate surface area is 109 Å². The molecule has 0 aliphatic rings. The van der Waals surface area contributed by atoms with Gasteiger partial charge in [0.05, 0.1) is 16.6 Å². The van der Waals surface area contributed by atoms with Crippen LogP contribution < -0.4 is 5.32 Å². The van der Waals surface area contributed by atoms with Crippen molar-refractivity contribution in [2.24, 2.45) is 0 Å².